The highest BCUT2D eigenvalue weighted by Crippen LogP contribution is 2.14. The monoisotopic (exact) mass is 419 g/mol. The van der Waals surface area contributed by atoms with Crippen molar-refractivity contribution < 1.29 is 4.74 Å². The molecular weight excluding hydrogens is 398 g/mol. The Bertz CT molecular complexity index is 1310. The zero-order valence-electron chi connectivity index (χ0n) is 16.6. The number of aromatic nitrogens is 3. The summed E-state index contributed by atoms with van der Waals surface area (Å²) in [5.41, 5.74) is 0.929. The fourth-order valence-electron chi connectivity index (χ4n) is 3.04. The minimum Gasteiger partial charge on any atom is -0.494 e. The molecule has 2 heterocycles. The number of nitrogens with zero attached hydrogens (tertiary/aromatic N) is 3. The van der Waals surface area contributed by atoms with Crippen LogP contribution in [-0.2, 0) is 0 Å². The Labute approximate surface area is 177 Å². The Hall–Kier alpha value is -3.32. The normalized spacial score (nSPS) is 11.8. The summed E-state index contributed by atoms with van der Waals surface area (Å²) < 4.78 is 7.39. The summed E-state index contributed by atoms with van der Waals surface area (Å²) in [7, 11) is 0. The van der Waals surface area contributed by atoms with Crippen molar-refractivity contribution in [3.8, 4) is 17.0 Å². The number of fused-ring (bicyclic) bond motifs is 1. The standard InChI is InChI=1S/C23H21N3O3S/c1-2-3-7-14-29-18-12-10-16(11-13-18)15-19-22(28)26-23(30-19)24-21(27)20(25-26)17-8-5-4-6-9-17/h4-6,8-13,15H,2-3,7,14H2,1H3/b19-15-. The molecule has 0 saturated carbocycles. The molecule has 0 atom stereocenters. The molecule has 2 aromatic heterocycles. The number of thiazole rings is 1. The van der Waals surface area contributed by atoms with Crippen LogP contribution in [0.3, 0.4) is 0 Å². The smallest absolute Gasteiger partial charge is 0.300 e. The van der Waals surface area contributed by atoms with Crippen molar-refractivity contribution in [3.05, 3.63) is 85.4 Å². The van der Waals surface area contributed by atoms with E-state index < -0.39 is 5.56 Å². The Morgan fingerprint density at radius 3 is 2.53 bits per heavy atom. The average molecular weight is 420 g/mol. The predicted molar refractivity (Wildman–Crippen MR) is 119 cm³/mol. The molecule has 0 bridgehead atoms. The van der Waals surface area contributed by atoms with Gasteiger partial charge in [0.15, 0.2) is 5.69 Å². The average Bonchev–Trinajstić information content (AvgIpc) is 3.06. The Balaban J connectivity index is 1.65. The molecular formula is C23H21N3O3S. The van der Waals surface area contributed by atoms with E-state index >= 15 is 0 Å². The van der Waals surface area contributed by atoms with Gasteiger partial charge < -0.3 is 4.74 Å². The maximum atomic E-state index is 12.8. The van der Waals surface area contributed by atoms with Gasteiger partial charge in [-0.05, 0) is 30.2 Å². The first-order valence-electron chi connectivity index (χ1n) is 9.89. The lowest BCUT2D eigenvalue weighted by molar-refractivity contribution is 0.306. The molecule has 0 spiro atoms. The maximum absolute atomic E-state index is 12.8. The summed E-state index contributed by atoms with van der Waals surface area (Å²) in [6.07, 6.45) is 5.12. The zero-order chi connectivity index (χ0) is 20.9. The van der Waals surface area contributed by atoms with Crippen molar-refractivity contribution in [2.45, 2.75) is 26.2 Å². The van der Waals surface area contributed by atoms with Gasteiger partial charge in [0.05, 0.1) is 11.1 Å². The van der Waals surface area contributed by atoms with Gasteiger partial charge >= 0.3 is 5.56 Å². The van der Waals surface area contributed by atoms with Crippen molar-refractivity contribution in [3.63, 3.8) is 0 Å². The van der Waals surface area contributed by atoms with Crippen molar-refractivity contribution >= 4 is 22.4 Å². The van der Waals surface area contributed by atoms with Gasteiger partial charge in [0, 0.05) is 5.56 Å². The Morgan fingerprint density at radius 1 is 1.03 bits per heavy atom. The highest BCUT2D eigenvalue weighted by atomic mass is 32.1. The molecule has 0 aliphatic carbocycles. The lowest BCUT2D eigenvalue weighted by atomic mass is 10.2. The van der Waals surface area contributed by atoms with Gasteiger partial charge in [0.25, 0.3) is 5.56 Å². The van der Waals surface area contributed by atoms with Crippen LogP contribution in [0.2, 0.25) is 0 Å². The third-order valence-corrected chi connectivity index (χ3v) is 5.59. The molecule has 0 radical (unpaired) electrons. The van der Waals surface area contributed by atoms with Gasteiger partial charge in [-0.25, -0.2) is 0 Å². The summed E-state index contributed by atoms with van der Waals surface area (Å²) >= 11 is 1.15. The number of rotatable bonds is 7. The van der Waals surface area contributed by atoms with Gasteiger partial charge in [0.1, 0.15) is 5.75 Å². The molecule has 30 heavy (non-hydrogen) atoms. The number of benzene rings is 2. The van der Waals surface area contributed by atoms with E-state index in [9.17, 15) is 9.59 Å². The van der Waals surface area contributed by atoms with Crippen LogP contribution in [0.5, 0.6) is 5.75 Å². The van der Waals surface area contributed by atoms with Gasteiger partial charge in [-0.2, -0.15) is 14.6 Å². The first kappa shape index (κ1) is 20.0. The number of hydrogen-bond donors (Lipinski definition) is 0. The second-order valence-electron chi connectivity index (χ2n) is 6.87. The minimum atomic E-state index is -0.446. The molecule has 6 nitrogen and oxygen atoms in total. The third kappa shape index (κ3) is 4.31. The highest BCUT2D eigenvalue weighted by molar-refractivity contribution is 7.15. The van der Waals surface area contributed by atoms with E-state index in [0.717, 1.165) is 41.9 Å². The van der Waals surface area contributed by atoms with Gasteiger partial charge in [-0.3, -0.25) is 9.59 Å². The van der Waals surface area contributed by atoms with Crippen LogP contribution in [0.1, 0.15) is 31.7 Å². The molecule has 152 valence electrons. The molecule has 0 N–H and O–H groups in total. The number of hydrogen-bond acceptors (Lipinski definition) is 6. The SMILES string of the molecule is CCCCCOc1ccc(/C=c2\sc3nc(=O)c(-c4ccccc4)nn3c2=O)cc1. The van der Waals surface area contributed by atoms with Crippen molar-refractivity contribution in [1.82, 2.24) is 14.6 Å². The van der Waals surface area contributed by atoms with Crippen LogP contribution < -0.4 is 20.4 Å². The van der Waals surface area contributed by atoms with Crippen molar-refractivity contribution in [2.24, 2.45) is 0 Å². The second-order valence-corrected chi connectivity index (χ2v) is 7.88. The molecule has 0 aliphatic rings. The van der Waals surface area contributed by atoms with Gasteiger partial charge in [-0.15, -0.1) is 0 Å². The number of ether oxygens (including phenoxy) is 1. The predicted octanol–water partition coefficient (Wildman–Crippen LogP) is 3.29. The van der Waals surface area contributed by atoms with E-state index in [4.69, 9.17) is 4.74 Å². The fraction of sp³-hybridized carbons (Fsp3) is 0.217. The van der Waals surface area contributed by atoms with Crippen LogP contribution >= 0.6 is 11.3 Å². The topological polar surface area (TPSA) is 73.6 Å². The van der Waals surface area contributed by atoms with E-state index in [1.54, 1.807) is 18.2 Å². The fourth-order valence-corrected chi connectivity index (χ4v) is 3.94. The zero-order valence-corrected chi connectivity index (χ0v) is 17.4. The molecule has 0 aliphatic heterocycles. The van der Waals surface area contributed by atoms with Gasteiger partial charge in [-0.1, -0.05) is 73.6 Å². The summed E-state index contributed by atoms with van der Waals surface area (Å²) in [5.74, 6) is 0.808. The van der Waals surface area contributed by atoms with Crippen LogP contribution in [0.4, 0.5) is 0 Å². The van der Waals surface area contributed by atoms with E-state index in [1.807, 2.05) is 42.5 Å². The van der Waals surface area contributed by atoms with Crippen LogP contribution in [-0.4, -0.2) is 21.2 Å². The first-order valence-corrected chi connectivity index (χ1v) is 10.7. The summed E-state index contributed by atoms with van der Waals surface area (Å²) in [6.45, 7) is 2.86. The highest BCUT2D eigenvalue weighted by Gasteiger charge is 2.12. The quantitative estimate of drug-likeness (QED) is 0.430. The van der Waals surface area contributed by atoms with E-state index in [2.05, 4.69) is 17.0 Å². The largest absolute Gasteiger partial charge is 0.494 e. The lowest BCUT2D eigenvalue weighted by Crippen LogP contribution is -2.26. The first-order chi connectivity index (χ1) is 14.7. The van der Waals surface area contributed by atoms with Crippen molar-refractivity contribution in [1.29, 1.82) is 0 Å². The van der Waals surface area contributed by atoms with Crippen molar-refractivity contribution in [2.75, 3.05) is 6.61 Å². The number of unbranched alkanes of at least 4 members (excludes halogenated alkanes) is 2. The maximum Gasteiger partial charge on any atom is 0.300 e. The molecule has 2 aromatic carbocycles. The van der Waals surface area contributed by atoms with E-state index in [-0.39, 0.29) is 16.2 Å². The Morgan fingerprint density at radius 2 is 1.80 bits per heavy atom. The molecule has 0 fully saturated rings. The second kappa shape index (κ2) is 9.00. The van der Waals surface area contributed by atoms with Crippen LogP contribution in [0.15, 0.2) is 64.2 Å². The molecule has 0 unspecified atom stereocenters. The summed E-state index contributed by atoms with van der Waals surface area (Å²) in [4.78, 5) is 29.5. The Kier molecular flexibility index (Phi) is 5.99. The third-order valence-electron chi connectivity index (χ3n) is 4.63. The van der Waals surface area contributed by atoms with E-state index in [1.165, 1.54) is 4.52 Å². The molecule has 7 heteroatoms. The lowest BCUT2D eigenvalue weighted by Gasteiger charge is -2.05. The molecule has 4 aromatic rings. The minimum absolute atomic E-state index is 0.166. The van der Waals surface area contributed by atoms with Gasteiger partial charge in [0.2, 0.25) is 4.96 Å². The van der Waals surface area contributed by atoms with E-state index in [0.29, 0.717) is 16.7 Å². The molecule has 4 rings (SSSR count). The molecule has 0 amide bonds. The molecule has 0 saturated heterocycles. The van der Waals surface area contributed by atoms with Crippen LogP contribution in [0, 0.1) is 0 Å². The summed E-state index contributed by atoms with van der Waals surface area (Å²) in [6, 6.07) is 16.6. The summed E-state index contributed by atoms with van der Waals surface area (Å²) in [5, 5.41) is 4.27. The van der Waals surface area contributed by atoms with Crippen LogP contribution in [0.25, 0.3) is 22.3 Å².